The standard InChI is InChI=1S/C16H23N3O2/c17-16(21)14-7-4-10-19(11-14)12-15(20)18-9-8-13-5-2-1-3-6-13/h1-3,5-6,14H,4,7-12H2,(H2,17,21)(H,18,20)/p+1/t14-/m0/s1. The Bertz CT molecular complexity index is 476. The zero-order valence-corrected chi connectivity index (χ0v) is 12.3. The molecule has 1 fully saturated rings. The van der Waals surface area contributed by atoms with Crippen LogP contribution in [0.15, 0.2) is 30.3 Å². The summed E-state index contributed by atoms with van der Waals surface area (Å²) < 4.78 is 0. The van der Waals surface area contributed by atoms with Crippen LogP contribution in [0.4, 0.5) is 0 Å². The highest BCUT2D eigenvalue weighted by molar-refractivity contribution is 5.77. The van der Waals surface area contributed by atoms with Crippen LogP contribution in [0.1, 0.15) is 18.4 Å². The lowest BCUT2D eigenvalue weighted by Gasteiger charge is -2.27. The molecule has 1 aromatic rings. The lowest BCUT2D eigenvalue weighted by Crippen LogP contribution is -3.15. The number of primary amides is 1. The molecule has 2 amide bonds. The van der Waals surface area contributed by atoms with E-state index in [2.05, 4.69) is 17.4 Å². The summed E-state index contributed by atoms with van der Waals surface area (Å²) in [6.45, 7) is 2.70. The lowest BCUT2D eigenvalue weighted by molar-refractivity contribution is -0.899. The van der Waals surface area contributed by atoms with E-state index in [9.17, 15) is 9.59 Å². The van der Waals surface area contributed by atoms with Crippen LogP contribution < -0.4 is 16.0 Å². The smallest absolute Gasteiger partial charge is 0.275 e. The minimum absolute atomic E-state index is 0.0473. The summed E-state index contributed by atoms with van der Waals surface area (Å²) in [5.41, 5.74) is 6.57. The molecule has 1 aromatic carbocycles. The van der Waals surface area contributed by atoms with Gasteiger partial charge in [0.25, 0.3) is 5.91 Å². The molecule has 1 saturated heterocycles. The topological polar surface area (TPSA) is 76.6 Å². The van der Waals surface area contributed by atoms with E-state index in [0.29, 0.717) is 19.6 Å². The number of nitrogens with two attached hydrogens (primary N) is 1. The molecule has 1 unspecified atom stereocenters. The maximum atomic E-state index is 11.9. The van der Waals surface area contributed by atoms with Crippen molar-refractivity contribution in [3.8, 4) is 0 Å². The minimum atomic E-state index is -0.239. The molecule has 1 heterocycles. The zero-order chi connectivity index (χ0) is 15.1. The Hall–Kier alpha value is -1.88. The van der Waals surface area contributed by atoms with Crippen LogP contribution in [0.25, 0.3) is 0 Å². The maximum absolute atomic E-state index is 11.9. The van der Waals surface area contributed by atoms with E-state index in [1.807, 2.05) is 18.2 Å². The number of amides is 2. The van der Waals surface area contributed by atoms with E-state index in [1.54, 1.807) is 0 Å². The fourth-order valence-electron chi connectivity index (χ4n) is 2.83. The predicted octanol–water partition coefficient (Wildman–Crippen LogP) is -0.874. The third-order valence-electron chi connectivity index (χ3n) is 4.01. The van der Waals surface area contributed by atoms with Crippen LogP contribution in [0.3, 0.4) is 0 Å². The van der Waals surface area contributed by atoms with Gasteiger partial charge in [-0.2, -0.15) is 0 Å². The van der Waals surface area contributed by atoms with Crippen LogP contribution in [-0.4, -0.2) is 38.0 Å². The van der Waals surface area contributed by atoms with E-state index in [4.69, 9.17) is 5.73 Å². The summed E-state index contributed by atoms with van der Waals surface area (Å²) in [6.07, 6.45) is 2.65. The number of benzene rings is 1. The van der Waals surface area contributed by atoms with Crippen LogP contribution >= 0.6 is 0 Å². The van der Waals surface area contributed by atoms with E-state index in [1.165, 1.54) is 5.56 Å². The number of hydrogen-bond acceptors (Lipinski definition) is 2. The fraction of sp³-hybridized carbons (Fsp3) is 0.500. The molecule has 0 radical (unpaired) electrons. The molecule has 0 saturated carbocycles. The minimum Gasteiger partial charge on any atom is -0.369 e. The summed E-state index contributed by atoms with van der Waals surface area (Å²) in [5.74, 6) is -0.270. The van der Waals surface area contributed by atoms with Gasteiger partial charge in [0, 0.05) is 6.54 Å². The van der Waals surface area contributed by atoms with Gasteiger partial charge in [-0.1, -0.05) is 30.3 Å². The Morgan fingerprint density at radius 1 is 1.29 bits per heavy atom. The Balaban J connectivity index is 1.68. The molecule has 114 valence electrons. The molecule has 1 aliphatic heterocycles. The number of carbonyl (C=O) groups is 2. The van der Waals surface area contributed by atoms with Crippen molar-refractivity contribution in [3.05, 3.63) is 35.9 Å². The molecule has 1 aliphatic rings. The average molecular weight is 290 g/mol. The van der Waals surface area contributed by atoms with Crippen LogP contribution in [-0.2, 0) is 16.0 Å². The summed E-state index contributed by atoms with van der Waals surface area (Å²) in [6, 6.07) is 10.1. The molecule has 4 N–H and O–H groups in total. The van der Waals surface area contributed by atoms with Crippen LogP contribution in [0.2, 0.25) is 0 Å². The van der Waals surface area contributed by atoms with Gasteiger partial charge in [0.15, 0.2) is 6.54 Å². The predicted molar refractivity (Wildman–Crippen MR) is 80.6 cm³/mol. The van der Waals surface area contributed by atoms with Gasteiger partial charge >= 0.3 is 0 Å². The third-order valence-corrected chi connectivity index (χ3v) is 4.01. The Labute approximate surface area is 125 Å². The summed E-state index contributed by atoms with van der Waals surface area (Å²) in [7, 11) is 0. The normalized spacial score (nSPS) is 21.7. The van der Waals surface area contributed by atoms with Crippen molar-refractivity contribution < 1.29 is 14.5 Å². The van der Waals surface area contributed by atoms with E-state index >= 15 is 0 Å². The number of nitrogens with one attached hydrogen (secondary N) is 2. The summed E-state index contributed by atoms with van der Waals surface area (Å²) in [5, 5.41) is 2.95. The highest BCUT2D eigenvalue weighted by atomic mass is 16.2. The van der Waals surface area contributed by atoms with Crippen LogP contribution in [0.5, 0.6) is 0 Å². The van der Waals surface area contributed by atoms with Gasteiger partial charge in [0.05, 0.1) is 19.0 Å². The fourth-order valence-corrected chi connectivity index (χ4v) is 2.83. The molecular formula is C16H24N3O2+. The second-order valence-electron chi connectivity index (χ2n) is 5.71. The largest absolute Gasteiger partial charge is 0.369 e. The molecule has 0 aliphatic carbocycles. The Morgan fingerprint density at radius 2 is 2.05 bits per heavy atom. The van der Waals surface area contributed by atoms with E-state index < -0.39 is 0 Å². The first-order valence-corrected chi connectivity index (χ1v) is 7.58. The number of piperidine rings is 1. The molecule has 2 atom stereocenters. The van der Waals surface area contributed by atoms with Crippen LogP contribution in [0, 0.1) is 5.92 Å². The highest BCUT2D eigenvalue weighted by Crippen LogP contribution is 2.05. The van der Waals surface area contributed by atoms with Gasteiger partial charge in [0.1, 0.15) is 0 Å². The lowest BCUT2D eigenvalue weighted by atomic mass is 9.97. The molecule has 2 rings (SSSR count). The van der Waals surface area contributed by atoms with Gasteiger partial charge in [-0.05, 0) is 24.8 Å². The van der Waals surface area contributed by atoms with Gasteiger partial charge in [-0.3, -0.25) is 9.59 Å². The van der Waals surface area contributed by atoms with Crippen molar-refractivity contribution in [2.45, 2.75) is 19.3 Å². The first kappa shape index (κ1) is 15.5. The molecule has 5 heteroatoms. The number of likely N-dealkylation sites (tertiary alicyclic amines) is 1. The average Bonchev–Trinajstić information content (AvgIpc) is 2.48. The third kappa shape index (κ3) is 5.19. The SMILES string of the molecule is NC(=O)[C@H]1CCC[NH+](CC(=O)NCCc2ccccc2)C1. The number of carbonyl (C=O) groups excluding carboxylic acids is 2. The van der Waals surface area contributed by atoms with Gasteiger partial charge < -0.3 is 16.0 Å². The molecule has 0 bridgehead atoms. The van der Waals surface area contributed by atoms with Crippen molar-refractivity contribution in [2.75, 3.05) is 26.2 Å². The van der Waals surface area contributed by atoms with Gasteiger partial charge in [0.2, 0.25) is 5.91 Å². The van der Waals surface area contributed by atoms with Crippen molar-refractivity contribution in [3.63, 3.8) is 0 Å². The molecule has 21 heavy (non-hydrogen) atoms. The van der Waals surface area contributed by atoms with Crippen molar-refractivity contribution in [2.24, 2.45) is 11.7 Å². The summed E-state index contributed by atoms with van der Waals surface area (Å²) >= 11 is 0. The second kappa shape index (κ2) is 7.78. The number of rotatable bonds is 6. The number of hydrogen-bond donors (Lipinski definition) is 3. The van der Waals surface area contributed by atoms with E-state index in [0.717, 1.165) is 30.7 Å². The van der Waals surface area contributed by atoms with E-state index in [-0.39, 0.29) is 17.7 Å². The van der Waals surface area contributed by atoms with Crippen molar-refractivity contribution in [1.29, 1.82) is 0 Å². The highest BCUT2D eigenvalue weighted by Gasteiger charge is 2.28. The number of quaternary nitrogens is 1. The van der Waals surface area contributed by atoms with Gasteiger partial charge in [-0.15, -0.1) is 0 Å². The molecule has 0 spiro atoms. The molecule has 5 nitrogen and oxygen atoms in total. The van der Waals surface area contributed by atoms with Crippen molar-refractivity contribution >= 4 is 11.8 Å². The quantitative estimate of drug-likeness (QED) is 0.637. The zero-order valence-electron chi connectivity index (χ0n) is 12.3. The first-order chi connectivity index (χ1) is 10.1. The molecule has 0 aromatic heterocycles. The first-order valence-electron chi connectivity index (χ1n) is 7.58. The Morgan fingerprint density at radius 3 is 2.76 bits per heavy atom. The van der Waals surface area contributed by atoms with Crippen molar-refractivity contribution in [1.82, 2.24) is 5.32 Å². The maximum Gasteiger partial charge on any atom is 0.275 e. The Kier molecular flexibility index (Phi) is 5.75. The second-order valence-corrected chi connectivity index (χ2v) is 5.71. The van der Waals surface area contributed by atoms with Gasteiger partial charge in [-0.25, -0.2) is 0 Å². The summed E-state index contributed by atoms with van der Waals surface area (Å²) in [4.78, 5) is 24.3. The monoisotopic (exact) mass is 290 g/mol. The molecular weight excluding hydrogens is 266 g/mol.